The second-order valence-corrected chi connectivity index (χ2v) is 8.90. The lowest BCUT2D eigenvalue weighted by Gasteiger charge is -2.19. The number of esters is 2. The van der Waals surface area contributed by atoms with Gasteiger partial charge in [-0.25, -0.2) is 9.59 Å². The molecule has 0 aliphatic heterocycles. The van der Waals surface area contributed by atoms with Crippen LogP contribution in [-0.4, -0.2) is 44.7 Å². The van der Waals surface area contributed by atoms with Gasteiger partial charge < -0.3 is 13.7 Å². The van der Waals surface area contributed by atoms with Gasteiger partial charge >= 0.3 is 27.6 Å². The monoisotopic (exact) mass is 533 g/mol. The van der Waals surface area contributed by atoms with Crippen molar-refractivity contribution >= 4 is 44.4 Å². The number of halogens is 4. The SMILES string of the molecule is COC(=O)c1ccc(Cn2c(C(=O)OC)c(OS(=O)(=O)C(F)(F)F)c3cc(Cl)ccc3c2=O)cc1. The van der Waals surface area contributed by atoms with Gasteiger partial charge in [0, 0.05) is 10.4 Å². The van der Waals surface area contributed by atoms with Crippen LogP contribution in [0, 0.1) is 0 Å². The van der Waals surface area contributed by atoms with Gasteiger partial charge in [-0.05, 0) is 35.9 Å². The normalized spacial score (nSPS) is 11.8. The molecule has 0 saturated heterocycles. The molecule has 186 valence electrons. The number of carbonyl (C=O) groups is 2. The number of carbonyl (C=O) groups excluding carboxylic acids is 2. The summed E-state index contributed by atoms with van der Waals surface area (Å²) in [6.07, 6.45) is 0. The molecular weight excluding hydrogens is 519 g/mol. The predicted octanol–water partition coefficient (Wildman–Crippen LogP) is 3.50. The third kappa shape index (κ3) is 5.10. The van der Waals surface area contributed by atoms with Gasteiger partial charge in [-0.1, -0.05) is 23.7 Å². The van der Waals surface area contributed by atoms with Gasteiger partial charge in [-0.15, -0.1) is 0 Å². The summed E-state index contributed by atoms with van der Waals surface area (Å²) in [6, 6.07) is 8.90. The first-order valence-electron chi connectivity index (χ1n) is 9.43. The summed E-state index contributed by atoms with van der Waals surface area (Å²) < 4.78 is 77.3. The molecule has 0 spiro atoms. The van der Waals surface area contributed by atoms with Crippen LogP contribution in [0.5, 0.6) is 5.75 Å². The minimum atomic E-state index is -6.26. The predicted molar refractivity (Wildman–Crippen MR) is 117 cm³/mol. The van der Waals surface area contributed by atoms with Crippen LogP contribution in [0.1, 0.15) is 26.4 Å². The molecule has 3 aromatic rings. The Bertz CT molecular complexity index is 1480. The zero-order chi connectivity index (χ0) is 26.1. The molecule has 0 aliphatic carbocycles. The van der Waals surface area contributed by atoms with E-state index in [9.17, 15) is 36.0 Å². The van der Waals surface area contributed by atoms with Crippen LogP contribution in [0.15, 0.2) is 47.3 Å². The van der Waals surface area contributed by atoms with Gasteiger partial charge in [-0.3, -0.25) is 9.36 Å². The summed E-state index contributed by atoms with van der Waals surface area (Å²) in [4.78, 5) is 37.5. The highest BCUT2D eigenvalue weighted by Crippen LogP contribution is 2.35. The van der Waals surface area contributed by atoms with E-state index < -0.39 is 56.5 Å². The van der Waals surface area contributed by atoms with Crippen molar-refractivity contribution in [2.45, 2.75) is 12.1 Å². The fraction of sp³-hybridized carbons (Fsp3) is 0.190. The topological polar surface area (TPSA) is 118 Å². The van der Waals surface area contributed by atoms with E-state index in [0.29, 0.717) is 10.1 Å². The average Bonchev–Trinajstić information content (AvgIpc) is 2.80. The number of hydrogen-bond acceptors (Lipinski definition) is 8. The number of pyridine rings is 1. The first-order valence-corrected chi connectivity index (χ1v) is 11.2. The largest absolute Gasteiger partial charge is 0.534 e. The van der Waals surface area contributed by atoms with Gasteiger partial charge in [0.25, 0.3) is 5.56 Å². The fourth-order valence-electron chi connectivity index (χ4n) is 3.13. The molecule has 0 radical (unpaired) electrons. The number of benzene rings is 2. The molecule has 9 nitrogen and oxygen atoms in total. The lowest BCUT2D eigenvalue weighted by molar-refractivity contribution is -0.0500. The number of rotatable bonds is 6. The van der Waals surface area contributed by atoms with Crippen LogP contribution in [-0.2, 0) is 26.1 Å². The molecular formula is C21H15ClF3NO8S. The van der Waals surface area contributed by atoms with E-state index in [1.165, 1.54) is 37.4 Å². The highest BCUT2D eigenvalue weighted by Gasteiger charge is 2.49. The van der Waals surface area contributed by atoms with Crippen molar-refractivity contribution in [2.24, 2.45) is 0 Å². The van der Waals surface area contributed by atoms with Crippen molar-refractivity contribution < 1.29 is 44.8 Å². The summed E-state index contributed by atoms with van der Waals surface area (Å²) in [7, 11) is -4.20. The summed E-state index contributed by atoms with van der Waals surface area (Å²) in [5, 5.41) is -0.799. The molecule has 0 bridgehead atoms. The lowest BCUT2D eigenvalue weighted by Crippen LogP contribution is -2.32. The van der Waals surface area contributed by atoms with Crippen molar-refractivity contribution in [1.82, 2.24) is 4.57 Å². The Morgan fingerprint density at radius 1 is 0.971 bits per heavy atom. The van der Waals surface area contributed by atoms with Gasteiger partial charge in [0.1, 0.15) is 0 Å². The first-order chi connectivity index (χ1) is 16.3. The Balaban J connectivity index is 2.33. The Kier molecular flexibility index (Phi) is 7.13. The zero-order valence-electron chi connectivity index (χ0n) is 17.9. The molecule has 0 N–H and O–H groups in total. The maximum absolute atomic E-state index is 13.2. The second kappa shape index (κ2) is 9.58. The smallest absolute Gasteiger partial charge is 0.465 e. The Morgan fingerprint density at radius 2 is 1.57 bits per heavy atom. The quantitative estimate of drug-likeness (QED) is 0.268. The lowest BCUT2D eigenvalue weighted by atomic mass is 10.1. The molecule has 2 aromatic carbocycles. The van der Waals surface area contributed by atoms with Crippen LogP contribution in [0.4, 0.5) is 13.2 Å². The minimum absolute atomic E-state index is 0.0712. The van der Waals surface area contributed by atoms with E-state index in [2.05, 4.69) is 13.7 Å². The highest BCUT2D eigenvalue weighted by molar-refractivity contribution is 7.88. The molecule has 1 heterocycles. The Hall–Kier alpha value is -3.58. The molecule has 0 atom stereocenters. The van der Waals surface area contributed by atoms with Crippen LogP contribution >= 0.6 is 11.6 Å². The molecule has 35 heavy (non-hydrogen) atoms. The van der Waals surface area contributed by atoms with E-state index in [0.717, 1.165) is 19.2 Å². The van der Waals surface area contributed by atoms with E-state index in [4.69, 9.17) is 11.6 Å². The van der Waals surface area contributed by atoms with E-state index in [-0.39, 0.29) is 16.0 Å². The summed E-state index contributed by atoms with van der Waals surface area (Å²) in [6.45, 7) is -0.425. The van der Waals surface area contributed by atoms with E-state index in [1.807, 2.05) is 0 Å². The zero-order valence-corrected chi connectivity index (χ0v) is 19.5. The third-order valence-corrected chi connectivity index (χ3v) is 5.95. The van der Waals surface area contributed by atoms with Crippen molar-refractivity contribution in [2.75, 3.05) is 14.2 Å². The van der Waals surface area contributed by atoms with Gasteiger partial charge in [0.15, 0.2) is 11.4 Å². The first kappa shape index (κ1) is 26.0. The summed E-state index contributed by atoms with van der Waals surface area (Å²) in [5.74, 6) is -3.07. The van der Waals surface area contributed by atoms with Gasteiger partial charge in [-0.2, -0.15) is 21.6 Å². The number of aromatic nitrogens is 1. The van der Waals surface area contributed by atoms with Crippen molar-refractivity contribution in [1.29, 1.82) is 0 Å². The summed E-state index contributed by atoms with van der Waals surface area (Å²) >= 11 is 5.90. The third-order valence-electron chi connectivity index (χ3n) is 4.76. The Morgan fingerprint density at radius 3 is 2.11 bits per heavy atom. The van der Waals surface area contributed by atoms with E-state index >= 15 is 0 Å². The molecule has 14 heteroatoms. The second-order valence-electron chi connectivity index (χ2n) is 6.92. The average molecular weight is 534 g/mol. The van der Waals surface area contributed by atoms with Crippen molar-refractivity contribution in [3.05, 3.63) is 74.7 Å². The molecule has 0 saturated carbocycles. The molecule has 0 amide bonds. The fourth-order valence-corrected chi connectivity index (χ4v) is 3.78. The number of fused-ring (bicyclic) bond motifs is 1. The maximum Gasteiger partial charge on any atom is 0.534 e. The maximum atomic E-state index is 13.2. The number of nitrogens with zero attached hydrogens (tertiary/aromatic N) is 1. The van der Waals surface area contributed by atoms with Gasteiger partial charge in [0.05, 0.1) is 31.7 Å². The highest BCUT2D eigenvalue weighted by atomic mass is 35.5. The number of alkyl halides is 3. The standard InChI is InChI=1S/C21H15ClF3NO8S/c1-32-19(28)12-5-3-11(4-6-12)10-26-16(20(29)33-2)17(34-35(30,31)21(23,24)25)15-9-13(22)7-8-14(15)18(26)27/h3-9H,10H2,1-2H3. The van der Waals surface area contributed by atoms with Gasteiger partial charge in [0.2, 0.25) is 0 Å². The summed E-state index contributed by atoms with van der Waals surface area (Å²) in [5.41, 5.74) is -7.10. The minimum Gasteiger partial charge on any atom is -0.465 e. The molecule has 0 aliphatic rings. The van der Waals surface area contributed by atoms with Crippen LogP contribution in [0.2, 0.25) is 5.02 Å². The Labute approximate surface area is 200 Å². The number of methoxy groups -OCH3 is 2. The molecule has 3 rings (SSSR count). The van der Waals surface area contributed by atoms with Crippen LogP contribution in [0.25, 0.3) is 10.8 Å². The van der Waals surface area contributed by atoms with Crippen LogP contribution in [0.3, 0.4) is 0 Å². The molecule has 0 unspecified atom stereocenters. The van der Waals surface area contributed by atoms with Crippen molar-refractivity contribution in [3.8, 4) is 5.75 Å². The van der Waals surface area contributed by atoms with Crippen LogP contribution < -0.4 is 9.74 Å². The number of ether oxygens (including phenoxy) is 2. The van der Waals surface area contributed by atoms with E-state index in [1.54, 1.807) is 0 Å². The number of hydrogen-bond donors (Lipinski definition) is 0. The molecule has 0 fully saturated rings. The van der Waals surface area contributed by atoms with Crippen molar-refractivity contribution in [3.63, 3.8) is 0 Å². The molecule has 1 aromatic heterocycles.